The zero-order valence-corrected chi connectivity index (χ0v) is 17.9. The van der Waals surface area contributed by atoms with E-state index in [-0.39, 0.29) is 11.5 Å². The SMILES string of the molecule is CCCCCCCCc1cccc(S(=O)(=O)O)c1Oc1ccccc1S(=O)(=O)O. The van der Waals surface area contributed by atoms with Crippen LogP contribution in [0, 0.1) is 0 Å². The van der Waals surface area contributed by atoms with Gasteiger partial charge in [0.15, 0.2) is 5.75 Å². The minimum atomic E-state index is -4.60. The Bertz CT molecular complexity index is 1030. The molecule has 0 saturated heterocycles. The van der Waals surface area contributed by atoms with E-state index in [1.54, 1.807) is 6.07 Å². The Kier molecular flexibility index (Phi) is 8.21. The first kappa shape index (κ1) is 23.3. The van der Waals surface area contributed by atoms with Crippen molar-refractivity contribution in [3.8, 4) is 11.5 Å². The van der Waals surface area contributed by atoms with Crippen molar-refractivity contribution in [2.45, 2.75) is 61.7 Å². The van der Waals surface area contributed by atoms with Crippen LogP contribution in [0.2, 0.25) is 0 Å². The molecule has 0 amide bonds. The molecule has 0 heterocycles. The van der Waals surface area contributed by atoms with Crippen molar-refractivity contribution < 1.29 is 30.7 Å². The van der Waals surface area contributed by atoms with Crippen molar-refractivity contribution in [2.24, 2.45) is 0 Å². The fourth-order valence-electron chi connectivity index (χ4n) is 3.03. The molecular weight excluding hydrogens is 416 g/mol. The minimum absolute atomic E-state index is 0.139. The van der Waals surface area contributed by atoms with Gasteiger partial charge >= 0.3 is 0 Å². The summed E-state index contributed by atoms with van der Waals surface area (Å²) in [5.41, 5.74) is 0.528. The number of rotatable bonds is 11. The molecule has 9 heteroatoms. The zero-order valence-electron chi connectivity index (χ0n) is 16.2. The zero-order chi connectivity index (χ0) is 21.5. The fraction of sp³-hybridized carbons (Fsp3) is 0.400. The van der Waals surface area contributed by atoms with E-state index in [4.69, 9.17) is 4.74 Å². The van der Waals surface area contributed by atoms with E-state index in [9.17, 15) is 25.9 Å². The van der Waals surface area contributed by atoms with Crippen LogP contribution in [-0.2, 0) is 26.7 Å². The van der Waals surface area contributed by atoms with Gasteiger partial charge in [0.05, 0.1) is 0 Å². The van der Waals surface area contributed by atoms with E-state index in [2.05, 4.69) is 6.92 Å². The van der Waals surface area contributed by atoms with Crippen LogP contribution >= 0.6 is 0 Å². The molecule has 0 unspecified atom stereocenters. The highest BCUT2D eigenvalue weighted by molar-refractivity contribution is 7.86. The van der Waals surface area contributed by atoms with Crippen LogP contribution in [-0.4, -0.2) is 25.9 Å². The molecule has 2 aromatic carbocycles. The van der Waals surface area contributed by atoms with Crippen LogP contribution in [0.25, 0.3) is 0 Å². The molecular formula is C20H26O7S2. The quantitative estimate of drug-likeness (QED) is 0.376. The summed E-state index contributed by atoms with van der Waals surface area (Å²) in [4.78, 5) is -0.943. The van der Waals surface area contributed by atoms with Crippen molar-refractivity contribution in [1.29, 1.82) is 0 Å². The second-order valence-electron chi connectivity index (χ2n) is 6.76. The molecule has 7 nitrogen and oxygen atoms in total. The molecule has 0 aliphatic carbocycles. The molecule has 0 fully saturated rings. The lowest BCUT2D eigenvalue weighted by atomic mass is 10.0. The summed E-state index contributed by atoms with van der Waals surface area (Å²) in [5.74, 6) is -0.366. The van der Waals surface area contributed by atoms with Gasteiger partial charge in [-0.3, -0.25) is 9.11 Å². The maximum Gasteiger partial charge on any atom is 0.298 e. The number of ether oxygens (including phenoxy) is 1. The summed E-state index contributed by atoms with van der Waals surface area (Å²) in [6.45, 7) is 2.13. The predicted molar refractivity (Wildman–Crippen MR) is 110 cm³/mol. The van der Waals surface area contributed by atoms with Crippen molar-refractivity contribution in [2.75, 3.05) is 0 Å². The lowest BCUT2D eigenvalue weighted by molar-refractivity contribution is 0.429. The largest absolute Gasteiger partial charge is 0.454 e. The van der Waals surface area contributed by atoms with Crippen LogP contribution in [0.5, 0.6) is 11.5 Å². The van der Waals surface area contributed by atoms with E-state index < -0.39 is 30.0 Å². The maximum absolute atomic E-state index is 11.8. The summed E-state index contributed by atoms with van der Waals surface area (Å²) in [5, 5.41) is 0. The van der Waals surface area contributed by atoms with Gasteiger partial charge in [-0.25, -0.2) is 0 Å². The molecule has 160 valence electrons. The van der Waals surface area contributed by atoms with Crippen molar-refractivity contribution in [3.63, 3.8) is 0 Å². The maximum atomic E-state index is 11.8. The first-order valence-corrected chi connectivity index (χ1v) is 12.4. The number of aryl methyl sites for hydroxylation is 1. The molecule has 0 bridgehead atoms. The van der Waals surface area contributed by atoms with Gasteiger partial charge in [-0.1, -0.05) is 63.3 Å². The molecule has 0 aromatic heterocycles. The van der Waals surface area contributed by atoms with Gasteiger partial charge in [0.2, 0.25) is 0 Å². The molecule has 0 radical (unpaired) electrons. The molecule has 0 saturated carbocycles. The Morgan fingerprint density at radius 2 is 1.34 bits per heavy atom. The Labute approximate surface area is 172 Å². The smallest absolute Gasteiger partial charge is 0.298 e. The lowest BCUT2D eigenvalue weighted by Crippen LogP contribution is -2.06. The van der Waals surface area contributed by atoms with Gasteiger partial charge in [-0.15, -0.1) is 0 Å². The molecule has 2 N–H and O–H groups in total. The van der Waals surface area contributed by atoms with Crippen molar-refractivity contribution in [1.82, 2.24) is 0 Å². The third-order valence-electron chi connectivity index (χ3n) is 4.48. The Morgan fingerprint density at radius 1 is 0.759 bits per heavy atom. The number of para-hydroxylation sites is 2. The molecule has 0 spiro atoms. The summed E-state index contributed by atoms with van der Waals surface area (Å²) < 4.78 is 71.6. The van der Waals surface area contributed by atoms with Gasteiger partial charge in [0.25, 0.3) is 20.2 Å². The van der Waals surface area contributed by atoms with Crippen molar-refractivity contribution in [3.05, 3.63) is 48.0 Å². The standard InChI is InChI=1S/C20H26O7S2/c1-2-3-4-5-6-7-11-16-12-10-15-19(29(24,25)26)20(16)27-17-13-8-9-14-18(17)28(21,22)23/h8-10,12-15H,2-7,11H2,1H3,(H,21,22,23)(H,24,25,26). The average Bonchev–Trinajstić information content (AvgIpc) is 2.64. The number of unbranched alkanes of at least 4 members (excludes halogenated alkanes) is 5. The van der Waals surface area contributed by atoms with E-state index in [1.165, 1.54) is 36.8 Å². The Morgan fingerprint density at radius 3 is 2.00 bits per heavy atom. The topological polar surface area (TPSA) is 118 Å². The highest BCUT2D eigenvalue weighted by atomic mass is 32.2. The van der Waals surface area contributed by atoms with Gasteiger partial charge in [0, 0.05) is 0 Å². The molecule has 2 aromatic rings. The minimum Gasteiger partial charge on any atom is -0.454 e. The summed E-state index contributed by atoms with van der Waals surface area (Å²) >= 11 is 0. The average molecular weight is 443 g/mol. The van der Waals surface area contributed by atoms with E-state index in [0.717, 1.165) is 38.2 Å². The predicted octanol–water partition coefficient (Wildman–Crippen LogP) is 4.88. The number of benzene rings is 2. The highest BCUT2D eigenvalue weighted by Crippen LogP contribution is 2.36. The van der Waals surface area contributed by atoms with Gasteiger partial charge < -0.3 is 4.74 Å². The lowest BCUT2D eigenvalue weighted by Gasteiger charge is -2.16. The summed E-state index contributed by atoms with van der Waals surface area (Å²) in [6.07, 6.45) is 6.74. The first-order valence-electron chi connectivity index (χ1n) is 9.48. The number of hydrogen-bond acceptors (Lipinski definition) is 5. The van der Waals surface area contributed by atoms with E-state index in [1.807, 2.05) is 0 Å². The molecule has 29 heavy (non-hydrogen) atoms. The van der Waals surface area contributed by atoms with E-state index in [0.29, 0.717) is 12.0 Å². The Balaban J connectivity index is 2.37. The third kappa shape index (κ3) is 6.81. The molecule has 0 atom stereocenters. The van der Waals surface area contributed by atoms with E-state index >= 15 is 0 Å². The monoisotopic (exact) mass is 442 g/mol. The highest BCUT2D eigenvalue weighted by Gasteiger charge is 2.23. The van der Waals surface area contributed by atoms with Crippen molar-refractivity contribution >= 4 is 20.2 Å². The Hall–Kier alpha value is -1.94. The van der Waals surface area contributed by atoms with Gasteiger partial charge in [-0.2, -0.15) is 16.8 Å². The molecule has 2 rings (SSSR count). The first-order chi connectivity index (χ1) is 13.6. The van der Waals surface area contributed by atoms with Crippen LogP contribution in [0.15, 0.2) is 52.3 Å². The van der Waals surface area contributed by atoms with Gasteiger partial charge in [0.1, 0.15) is 15.5 Å². The van der Waals surface area contributed by atoms with Gasteiger partial charge in [-0.05, 0) is 36.6 Å². The number of hydrogen-bond donors (Lipinski definition) is 2. The normalized spacial score (nSPS) is 12.1. The second-order valence-corrected chi connectivity index (χ2v) is 9.54. The second kappa shape index (κ2) is 10.2. The van der Waals surface area contributed by atoms with Crippen LogP contribution in [0.1, 0.15) is 51.0 Å². The summed E-state index contributed by atoms with van der Waals surface area (Å²) in [7, 11) is -9.19. The fourth-order valence-corrected chi connectivity index (χ4v) is 4.30. The van der Waals surface area contributed by atoms with Crippen LogP contribution in [0.3, 0.4) is 0 Å². The summed E-state index contributed by atoms with van der Waals surface area (Å²) in [6, 6.07) is 9.70. The molecule has 0 aliphatic rings. The molecule has 0 aliphatic heterocycles. The third-order valence-corrected chi connectivity index (χ3v) is 6.25. The van der Waals surface area contributed by atoms with Crippen LogP contribution < -0.4 is 4.74 Å². The van der Waals surface area contributed by atoms with Crippen LogP contribution in [0.4, 0.5) is 0 Å².